The van der Waals surface area contributed by atoms with E-state index in [-0.39, 0.29) is 0 Å². The second kappa shape index (κ2) is 3.64. The molecule has 16 heavy (non-hydrogen) atoms. The van der Waals surface area contributed by atoms with E-state index in [2.05, 4.69) is 16.8 Å². The monoisotopic (exact) mass is 221 g/mol. The molecule has 0 aromatic carbocycles. The molecule has 3 heteroatoms. The fraction of sp³-hybridized carbons (Fsp3) is 0.923. The van der Waals surface area contributed by atoms with Gasteiger partial charge < -0.3 is 10.6 Å². The molecule has 2 saturated carbocycles. The summed E-state index contributed by atoms with van der Waals surface area (Å²) in [5.41, 5.74) is 6.41. The average molecular weight is 221 g/mol. The molecule has 0 radical (unpaired) electrons. The van der Waals surface area contributed by atoms with E-state index in [0.717, 1.165) is 24.5 Å². The molecule has 1 heterocycles. The largest absolute Gasteiger partial charge is 0.370 e. The number of rotatable bonds is 2. The zero-order valence-corrected chi connectivity index (χ0v) is 10.3. The van der Waals surface area contributed by atoms with Crippen molar-refractivity contribution in [2.45, 2.75) is 63.5 Å². The van der Waals surface area contributed by atoms with Crippen LogP contribution in [0.2, 0.25) is 0 Å². The van der Waals surface area contributed by atoms with Gasteiger partial charge in [-0.2, -0.15) is 0 Å². The van der Waals surface area contributed by atoms with E-state index < -0.39 is 0 Å². The third-order valence-electron chi connectivity index (χ3n) is 4.71. The van der Waals surface area contributed by atoms with Gasteiger partial charge in [-0.15, -0.1) is 0 Å². The molecule has 0 saturated heterocycles. The minimum atomic E-state index is 0.324. The lowest BCUT2D eigenvalue weighted by Gasteiger charge is -2.45. The van der Waals surface area contributed by atoms with Gasteiger partial charge in [-0.3, -0.25) is 4.99 Å². The minimum Gasteiger partial charge on any atom is -0.370 e. The van der Waals surface area contributed by atoms with Crippen LogP contribution in [0.15, 0.2) is 4.99 Å². The van der Waals surface area contributed by atoms with Crippen LogP contribution in [0.3, 0.4) is 0 Å². The SMILES string of the molecule is CCC1CCCC2(CN=C(N)N2C2CC2)C1. The quantitative estimate of drug-likeness (QED) is 0.776. The number of nitrogens with zero attached hydrogens (tertiary/aromatic N) is 2. The highest BCUT2D eigenvalue weighted by Gasteiger charge is 2.50. The Labute approximate surface area is 98.1 Å². The van der Waals surface area contributed by atoms with Crippen molar-refractivity contribution in [2.24, 2.45) is 16.6 Å². The summed E-state index contributed by atoms with van der Waals surface area (Å²) in [6.07, 6.45) is 9.39. The average Bonchev–Trinajstić information content (AvgIpc) is 3.07. The predicted molar refractivity (Wildman–Crippen MR) is 66.3 cm³/mol. The van der Waals surface area contributed by atoms with Crippen LogP contribution in [0.25, 0.3) is 0 Å². The molecular weight excluding hydrogens is 198 g/mol. The molecule has 2 N–H and O–H groups in total. The standard InChI is InChI=1S/C13H23N3/c1-2-10-4-3-7-13(8-10)9-15-12(14)16(13)11-5-6-11/h10-11H,2-9H2,1H3,(H2,14,15). The Kier molecular flexibility index (Phi) is 2.37. The minimum absolute atomic E-state index is 0.324. The summed E-state index contributed by atoms with van der Waals surface area (Å²) < 4.78 is 0. The van der Waals surface area contributed by atoms with E-state index in [1.165, 1.54) is 44.9 Å². The van der Waals surface area contributed by atoms with Crippen molar-refractivity contribution in [1.82, 2.24) is 4.90 Å². The van der Waals surface area contributed by atoms with Gasteiger partial charge in [0.25, 0.3) is 0 Å². The molecule has 0 aromatic heterocycles. The van der Waals surface area contributed by atoms with Crippen molar-refractivity contribution >= 4 is 5.96 Å². The van der Waals surface area contributed by atoms with E-state index in [1.807, 2.05) is 0 Å². The van der Waals surface area contributed by atoms with E-state index in [4.69, 9.17) is 5.73 Å². The number of aliphatic imine (C=N–C) groups is 1. The highest BCUT2D eigenvalue weighted by atomic mass is 15.4. The Morgan fingerprint density at radius 3 is 2.94 bits per heavy atom. The first kappa shape index (κ1) is 10.4. The van der Waals surface area contributed by atoms with Crippen LogP contribution in [0, 0.1) is 5.92 Å². The summed E-state index contributed by atoms with van der Waals surface area (Å²) in [6, 6.07) is 0.724. The van der Waals surface area contributed by atoms with Crippen molar-refractivity contribution in [2.75, 3.05) is 6.54 Å². The molecule has 2 unspecified atom stereocenters. The van der Waals surface area contributed by atoms with Crippen molar-refractivity contribution in [3.63, 3.8) is 0 Å². The molecule has 2 atom stereocenters. The van der Waals surface area contributed by atoms with Gasteiger partial charge in [0, 0.05) is 6.04 Å². The lowest BCUT2D eigenvalue weighted by atomic mass is 9.74. The Morgan fingerprint density at radius 1 is 1.44 bits per heavy atom. The molecule has 3 rings (SSSR count). The lowest BCUT2D eigenvalue weighted by molar-refractivity contribution is 0.101. The molecule has 90 valence electrons. The highest BCUT2D eigenvalue weighted by Crippen LogP contribution is 2.45. The van der Waals surface area contributed by atoms with Gasteiger partial charge in [0.05, 0.1) is 12.1 Å². The second-order valence-corrected chi connectivity index (χ2v) is 5.87. The van der Waals surface area contributed by atoms with Gasteiger partial charge >= 0.3 is 0 Å². The maximum Gasteiger partial charge on any atom is 0.192 e. The summed E-state index contributed by atoms with van der Waals surface area (Å²) in [5.74, 6) is 1.73. The van der Waals surface area contributed by atoms with Gasteiger partial charge in [-0.1, -0.05) is 26.2 Å². The van der Waals surface area contributed by atoms with Gasteiger partial charge in [0.15, 0.2) is 5.96 Å². The maximum atomic E-state index is 6.09. The first-order chi connectivity index (χ1) is 7.75. The predicted octanol–water partition coefficient (Wildman–Crippen LogP) is 2.12. The zero-order valence-electron chi connectivity index (χ0n) is 10.3. The molecule has 0 amide bonds. The van der Waals surface area contributed by atoms with Crippen molar-refractivity contribution in [1.29, 1.82) is 0 Å². The van der Waals surface area contributed by atoms with Crippen LogP contribution >= 0.6 is 0 Å². The van der Waals surface area contributed by atoms with Gasteiger partial charge in [-0.25, -0.2) is 0 Å². The van der Waals surface area contributed by atoms with Gasteiger partial charge in [0.1, 0.15) is 0 Å². The van der Waals surface area contributed by atoms with E-state index in [0.29, 0.717) is 5.54 Å². The molecular formula is C13H23N3. The van der Waals surface area contributed by atoms with E-state index in [9.17, 15) is 0 Å². The van der Waals surface area contributed by atoms with Gasteiger partial charge in [0.2, 0.25) is 0 Å². The Morgan fingerprint density at radius 2 is 2.25 bits per heavy atom. The number of nitrogens with two attached hydrogens (primary N) is 1. The zero-order chi connectivity index (χ0) is 11.2. The van der Waals surface area contributed by atoms with Crippen molar-refractivity contribution < 1.29 is 0 Å². The van der Waals surface area contributed by atoms with Gasteiger partial charge in [-0.05, 0) is 31.6 Å². The summed E-state index contributed by atoms with van der Waals surface area (Å²) in [7, 11) is 0. The van der Waals surface area contributed by atoms with Crippen LogP contribution in [0.5, 0.6) is 0 Å². The number of guanidine groups is 1. The molecule has 1 aliphatic heterocycles. The Balaban J connectivity index is 1.81. The van der Waals surface area contributed by atoms with Crippen LogP contribution in [-0.4, -0.2) is 29.0 Å². The fourth-order valence-corrected chi connectivity index (χ4v) is 3.70. The third-order valence-corrected chi connectivity index (χ3v) is 4.71. The molecule has 2 fully saturated rings. The highest BCUT2D eigenvalue weighted by molar-refractivity contribution is 5.81. The second-order valence-electron chi connectivity index (χ2n) is 5.87. The van der Waals surface area contributed by atoms with E-state index >= 15 is 0 Å². The van der Waals surface area contributed by atoms with Crippen molar-refractivity contribution in [3.05, 3.63) is 0 Å². The number of hydrogen-bond acceptors (Lipinski definition) is 3. The van der Waals surface area contributed by atoms with Crippen LogP contribution < -0.4 is 5.73 Å². The Bertz CT molecular complexity index is 308. The molecule has 3 aliphatic rings. The van der Waals surface area contributed by atoms with E-state index in [1.54, 1.807) is 0 Å². The first-order valence-corrected chi connectivity index (χ1v) is 6.84. The Hall–Kier alpha value is -0.730. The topological polar surface area (TPSA) is 41.6 Å². The molecule has 0 aromatic rings. The third kappa shape index (κ3) is 1.52. The first-order valence-electron chi connectivity index (χ1n) is 6.84. The van der Waals surface area contributed by atoms with Crippen molar-refractivity contribution in [3.8, 4) is 0 Å². The lowest BCUT2D eigenvalue weighted by Crippen LogP contribution is -2.55. The molecule has 3 nitrogen and oxygen atoms in total. The smallest absolute Gasteiger partial charge is 0.192 e. The normalized spacial score (nSPS) is 39.2. The summed E-state index contributed by atoms with van der Waals surface area (Å²) >= 11 is 0. The molecule has 0 bridgehead atoms. The van der Waals surface area contributed by atoms with Crippen LogP contribution in [0.4, 0.5) is 0 Å². The fourth-order valence-electron chi connectivity index (χ4n) is 3.70. The molecule has 1 spiro atoms. The summed E-state index contributed by atoms with van der Waals surface area (Å²) in [4.78, 5) is 7.04. The van der Waals surface area contributed by atoms with Crippen LogP contribution in [-0.2, 0) is 0 Å². The molecule has 2 aliphatic carbocycles. The number of hydrogen-bond donors (Lipinski definition) is 1. The summed E-state index contributed by atoms with van der Waals surface area (Å²) in [6.45, 7) is 3.29. The summed E-state index contributed by atoms with van der Waals surface area (Å²) in [5, 5.41) is 0. The van der Waals surface area contributed by atoms with Crippen LogP contribution in [0.1, 0.15) is 51.9 Å². The maximum absolute atomic E-state index is 6.09.